The van der Waals surface area contributed by atoms with Crippen LogP contribution in [0.5, 0.6) is 11.5 Å². The summed E-state index contributed by atoms with van der Waals surface area (Å²) in [4.78, 5) is 31.5. The number of rotatable bonds is 7. The molecule has 0 bridgehead atoms. The molecule has 0 unspecified atom stereocenters. The van der Waals surface area contributed by atoms with Crippen LogP contribution in [0, 0.1) is 13.8 Å². The van der Waals surface area contributed by atoms with Crippen molar-refractivity contribution < 1.29 is 19.2 Å². The Bertz CT molecular complexity index is 1650. The second-order valence-corrected chi connectivity index (χ2v) is 8.85. The van der Waals surface area contributed by atoms with E-state index in [1.54, 1.807) is 48.2 Å². The molecule has 0 saturated heterocycles. The Balaban J connectivity index is 1.72. The van der Waals surface area contributed by atoms with Crippen LogP contribution >= 0.6 is 0 Å². The third kappa shape index (κ3) is 4.61. The van der Waals surface area contributed by atoms with Crippen molar-refractivity contribution in [3.8, 4) is 22.6 Å². The van der Waals surface area contributed by atoms with Gasteiger partial charge in [-0.05, 0) is 55.8 Å². The summed E-state index contributed by atoms with van der Waals surface area (Å²) < 4.78 is 12.6. The zero-order valence-corrected chi connectivity index (χ0v) is 20.7. The molecule has 0 aliphatic heterocycles. The van der Waals surface area contributed by atoms with E-state index in [1.165, 1.54) is 12.1 Å². The summed E-state index contributed by atoms with van der Waals surface area (Å²) in [6.07, 6.45) is 1.69. The maximum absolute atomic E-state index is 13.7. The van der Waals surface area contributed by atoms with E-state index in [1.807, 2.05) is 32.0 Å². The van der Waals surface area contributed by atoms with E-state index >= 15 is 0 Å². The number of aromatic nitrogens is 3. The van der Waals surface area contributed by atoms with E-state index in [-0.39, 0.29) is 30.1 Å². The molecule has 37 heavy (non-hydrogen) atoms. The molecule has 0 fully saturated rings. The van der Waals surface area contributed by atoms with Crippen molar-refractivity contribution in [2.24, 2.45) is 0 Å². The number of pyridine rings is 2. The average molecular weight is 496 g/mol. The van der Waals surface area contributed by atoms with Crippen molar-refractivity contribution >= 4 is 16.7 Å². The Kier molecular flexibility index (Phi) is 6.31. The summed E-state index contributed by atoms with van der Waals surface area (Å²) in [5.74, 6) is 0.988. The van der Waals surface area contributed by atoms with Gasteiger partial charge in [-0.2, -0.15) is 0 Å². The van der Waals surface area contributed by atoms with Crippen molar-refractivity contribution in [3.05, 3.63) is 105 Å². The fourth-order valence-corrected chi connectivity index (χ4v) is 4.54. The first-order chi connectivity index (χ1) is 17.9. The zero-order valence-electron chi connectivity index (χ0n) is 20.7. The van der Waals surface area contributed by atoms with E-state index in [4.69, 9.17) is 9.26 Å². The molecule has 0 saturated carbocycles. The number of Topliss-reactive ketones (excluding diaryl/α,β-unsaturated/α-hetero) is 1. The highest BCUT2D eigenvalue weighted by molar-refractivity contribution is 6.01. The number of carbonyl (C=O) groups is 1. The highest BCUT2D eigenvalue weighted by Crippen LogP contribution is 2.37. The lowest BCUT2D eigenvalue weighted by Gasteiger charge is -2.16. The van der Waals surface area contributed by atoms with Crippen molar-refractivity contribution in [2.75, 3.05) is 7.11 Å². The molecule has 0 aliphatic rings. The zero-order chi connectivity index (χ0) is 26.1. The van der Waals surface area contributed by atoms with E-state index in [9.17, 15) is 14.7 Å². The standard InChI is InChI=1S/C29H25N3O5/c1-17-28(18(2)37-31-17)24-14-20-13-23(26(34)12-19-7-9-22(33)10-8-19)29(35)32(25(20)15-27(24)36-3)16-21-6-4-5-11-30-21/h4-11,13-15,33H,12,16H2,1-3H3. The van der Waals surface area contributed by atoms with Gasteiger partial charge in [0.05, 0.1) is 41.7 Å². The number of methoxy groups -OCH3 is 1. The van der Waals surface area contributed by atoms with Crippen molar-refractivity contribution in [3.63, 3.8) is 0 Å². The molecular weight excluding hydrogens is 470 g/mol. The van der Waals surface area contributed by atoms with Gasteiger partial charge >= 0.3 is 0 Å². The van der Waals surface area contributed by atoms with Crippen LogP contribution in [-0.2, 0) is 13.0 Å². The fourth-order valence-electron chi connectivity index (χ4n) is 4.54. The van der Waals surface area contributed by atoms with Gasteiger partial charge in [-0.15, -0.1) is 0 Å². The Labute approximate surface area is 212 Å². The molecule has 5 aromatic rings. The number of phenolic OH excluding ortho intramolecular Hbond substituents is 1. The van der Waals surface area contributed by atoms with Crippen molar-refractivity contribution in [1.29, 1.82) is 0 Å². The minimum Gasteiger partial charge on any atom is -0.508 e. The molecule has 2 aromatic carbocycles. The number of phenols is 1. The highest BCUT2D eigenvalue weighted by atomic mass is 16.5. The van der Waals surface area contributed by atoms with E-state index in [2.05, 4.69) is 10.1 Å². The molecule has 8 heteroatoms. The lowest BCUT2D eigenvalue weighted by Crippen LogP contribution is -2.28. The van der Waals surface area contributed by atoms with Gasteiger partial charge in [0, 0.05) is 29.6 Å². The fraction of sp³-hybridized carbons (Fsp3) is 0.172. The molecule has 0 aliphatic carbocycles. The number of hydrogen-bond acceptors (Lipinski definition) is 7. The second-order valence-electron chi connectivity index (χ2n) is 8.85. The lowest BCUT2D eigenvalue weighted by molar-refractivity contribution is 0.0991. The van der Waals surface area contributed by atoms with Gasteiger partial charge in [-0.1, -0.05) is 23.4 Å². The summed E-state index contributed by atoms with van der Waals surface area (Å²) in [6, 6.07) is 17.2. The van der Waals surface area contributed by atoms with Crippen LogP contribution in [0.1, 0.15) is 33.1 Å². The van der Waals surface area contributed by atoms with Crippen LogP contribution < -0.4 is 10.3 Å². The molecule has 1 N–H and O–H groups in total. The van der Waals surface area contributed by atoms with Gasteiger partial charge in [0.2, 0.25) is 0 Å². The van der Waals surface area contributed by atoms with Gasteiger partial charge in [-0.25, -0.2) is 0 Å². The first-order valence-corrected chi connectivity index (χ1v) is 11.8. The quantitative estimate of drug-likeness (QED) is 0.321. The Morgan fingerprint density at radius 1 is 1.08 bits per heavy atom. The summed E-state index contributed by atoms with van der Waals surface area (Å²) in [5.41, 5.74) is 3.93. The molecule has 3 aromatic heterocycles. The molecule has 0 radical (unpaired) electrons. The number of aryl methyl sites for hydroxylation is 2. The van der Waals surface area contributed by atoms with Gasteiger partial charge in [0.25, 0.3) is 5.56 Å². The van der Waals surface area contributed by atoms with E-state index in [0.29, 0.717) is 39.4 Å². The summed E-state index contributed by atoms with van der Waals surface area (Å²) in [6.45, 7) is 3.86. The third-order valence-electron chi connectivity index (χ3n) is 6.37. The van der Waals surface area contributed by atoms with Crippen LogP contribution in [0.15, 0.2) is 76.2 Å². The van der Waals surface area contributed by atoms with Crippen LogP contribution in [0.25, 0.3) is 22.0 Å². The average Bonchev–Trinajstić information content (AvgIpc) is 3.24. The van der Waals surface area contributed by atoms with Crippen molar-refractivity contribution in [2.45, 2.75) is 26.8 Å². The highest BCUT2D eigenvalue weighted by Gasteiger charge is 2.21. The van der Waals surface area contributed by atoms with Gasteiger partial charge < -0.3 is 18.9 Å². The monoisotopic (exact) mass is 495 g/mol. The minimum atomic E-state index is -0.408. The second kappa shape index (κ2) is 9.73. The normalized spacial score (nSPS) is 11.1. The first-order valence-electron chi connectivity index (χ1n) is 11.8. The van der Waals surface area contributed by atoms with Gasteiger partial charge in [-0.3, -0.25) is 14.6 Å². The number of fused-ring (bicyclic) bond motifs is 1. The lowest BCUT2D eigenvalue weighted by atomic mass is 9.98. The number of nitrogens with zero attached hydrogens (tertiary/aromatic N) is 3. The SMILES string of the molecule is COc1cc2c(cc1-c1c(C)noc1C)cc(C(=O)Cc1ccc(O)cc1)c(=O)n2Cc1ccccn1. The minimum absolute atomic E-state index is 0.0253. The topological polar surface area (TPSA) is 107 Å². The predicted octanol–water partition coefficient (Wildman–Crippen LogP) is 4.86. The third-order valence-corrected chi connectivity index (χ3v) is 6.37. The molecule has 0 amide bonds. The van der Waals surface area contributed by atoms with Crippen LogP contribution in [0.4, 0.5) is 0 Å². The molecule has 186 valence electrons. The maximum Gasteiger partial charge on any atom is 0.262 e. The van der Waals surface area contributed by atoms with Crippen LogP contribution in [-0.4, -0.2) is 32.7 Å². The van der Waals surface area contributed by atoms with E-state index in [0.717, 1.165) is 11.1 Å². The maximum atomic E-state index is 13.7. The molecule has 5 rings (SSSR count). The number of ether oxygens (including phenoxy) is 1. The summed E-state index contributed by atoms with van der Waals surface area (Å²) in [7, 11) is 1.57. The molecule has 0 spiro atoms. The Morgan fingerprint density at radius 3 is 2.51 bits per heavy atom. The Morgan fingerprint density at radius 2 is 1.86 bits per heavy atom. The molecular formula is C29H25N3O5. The summed E-state index contributed by atoms with van der Waals surface area (Å²) in [5, 5.41) is 14.3. The number of hydrogen-bond donors (Lipinski definition) is 1. The molecule has 8 nitrogen and oxygen atoms in total. The first kappa shape index (κ1) is 24.0. The summed E-state index contributed by atoms with van der Waals surface area (Å²) >= 11 is 0. The Hall–Kier alpha value is -4.72. The van der Waals surface area contributed by atoms with Crippen LogP contribution in [0.2, 0.25) is 0 Å². The molecule has 0 atom stereocenters. The van der Waals surface area contributed by atoms with Gasteiger partial charge in [0.15, 0.2) is 5.78 Å². The predicted molar refractivity (Wildman–Crippen MR) is 139 cm³/mol. The largest absolute Gasteiger partial charge is 0.508 e. The van der Waals surface area contributed by atoms with E-state index < -0.39 is 5.56 Å². The van der Waals surface area contributed by atoms with Crippen molar-refractivity contribution in [1.82, 2.24) is 14.7 Å². The number of benzene rings is 2. The smallest absolute Gasteiger partial charge is 0.262 e. The van der Waals surface area contributed by atoms with Crippen LogP contribution in [0.3, 0.4) is 0 Å². The number of carbonyl (C=O) groups excluding carboxylic acids is 1. The number of ketones is 1. The number of aromatic hydroxyl groups is 1. The van der Waals surface area contributed by atoms with Gasteiger partial charge in [0.1, 0.15) is 17.3 Å². The molecule has 3 heterocycles.